The largest absolute Gasteiger partial charge is 0.478 e. The normalized spacial score (nSPS) is 16.7. The Labute approximate surface area is 147 Å². The third-order valence-electron chi connectivity index (χ3n) is 4.40. The summed E-state index contributed by atoms with van der Waals surface area (Å²) >= 11 is 0. The molecule has 0 saturated heterocycles. The highest BCUT2D eigenvalue weighted by Crippen LogP contribution is 2.31. The Morgan fingerprint density at radius 1 is 1.20 bits per heavy atom. The molecule has 0 bridgehead atoms. The number of para-hydroxylation sites is 1. The summed E-state index contributed by atoms with van der Waals surface area (Å²) in [5, 5.41) is 8.88. The first-order chi connectivity index (χ1) is 11.9. The number of aromatic carboxylic acids is 1. The highest BCUT2D eigenvalue weighted by Gasteiger charge is 2.25. The standard InChI is InChI=1S/C18H20N2O4S/c1-13-12-15-4-2-3-5-17(15)20(13)11-10-19-25(23,24)16-8-6-14(7-9-16)18(21)22/h2-9,13,19H,10-12H2,1H3,(H,21,22). The molecule has 132 valence electrons. The van der Waals surface area contributed by atoms with Crippen LogP contribution in [0.5, 0.6) is 0 Å². The second-order valence-corrected chi connectivity index (χ2v) is 7.87. The van der Waals surface area contributed by atoms with Crippen molar-refractivity contribution in [1.29, 1.82) is 0 Å². The van der Waals surface area contributed by atoms with Crippen LogP contribution in [0.1, 0.15) is 22.8 Å². The van der Waals surface area contributed by atoms with Gasteiger partial charge in [0.1, 0.15) is 0 Å². The van der Waals surface area contributed by atoms with Crippen molar-refractivity contribution in [1.82, 2.24) is 4.72 Å². The van der Waals surface area contributed by atoms with E-state index in [2.05, 4.69) is 28.7 Å². The maximum atomic E-state index is 12.3. The van der Waals surface area contributed by atoms with Crippen LogP contribution < -0.4 is 9.62 Å². The zero-order chi connectivity index (χ0) is 18.0. The third-order valence-corrected chi connectivity index (χ3v) is 5.88. The van der Waals surface area contributed by atoms with Crippen LogP contribution in [0, 0.1) is 0 Å². The summed E-state index contributed by atoms with van der Waals surface area (Å²) in [6, 6.07) is 13.7. The summed E-state index contributed by atoms with van der Waals surface area (Å²) < 4.78 is 27.3. The molecule has 2 aromatic rings. The molecule has 3 rings (SSSR count). The van der Waals surface area contributed by atoms with Gasteiger partial charge in [-0.15, -0.1) is 0 Å². The Morgan fingerprint density at radius 3 is 2.56 bits per heavy atom. The smallest absolute Gasteiger partial charge is 0.335 e. The molecule has 0 aliphatic carbocycles. The summed E-state index contributed by atoms with van der Waals surface area (Å²) in [5.74, 6) is -1.08. The molecule has 1 atom stereocenters. The lowest BCUT2D eigenvalue weighted by molar-refractivity contribution is 0.0696. The van der Waals surface area contributed by atoms with E-state index in [1.165, 1.54) is 29.8 Å². The maximum absolute atomic E-state index is 12.3. The van der Waals surface area contributed by atoms with Gasteiger partial charge in [-0.3, -0.25) is 0 Å². The minimum Gasteiger partial charge on any atom is -0.478 e. The van der Waals surface area contributed by atoms with E-state index in [0.717, 1.165) is 12.1 Å². The average Bonchev–Trinajstić information content (AvgIpc) is 2.90. The first kappa shape index (κ1) is 17.4. The molecule has 6 nitrogen and oxygen atoms in total. The van der Waals surface area contributed by atoms with Crippen molar-refractivity contribution < 1.29 is 18.3 Å². The van der Waals surface area contributed by atoms with Crippen molar-refractivity contribution >= 4 is 21.7 Å². The predicted octanol–water partition coefficient (Wildman–Crippen LogP) is 2.11. The topological polar surface area (TPSA) is 86.7 Å². The van der Waals surface area contributed by atoms with Gasteiger partial charge in [0.15, 0.2) is 0 Å². The zero-order valence-corrected chi connectivity index (χ0v) is 14.7. The number of nitrogens with zero attached hydrogens (tertiary/aromatic N) is 1. The lowest BCUT2D eigenvalue weighted by Crippen LogP contribution is -2.37. The molecule has 0 spiro atoms. The highest BCUT2D eigenvalue weighted by atomic mass is 32.2. The molecule has 1 aliphatic heterocycles. The third kappa shape index (κ3) is 3.67. The minimum atomic E-state index is -3.66. The molecule has 0 saturated carbocycles. The number of benzene rings is 2. The summed E-state index contributed by atoms with van der Waals surface area (Å²) in [5.41, 5.74) is 2.49. The van der Waals surface area contributed by atoms with Crippen molar-refractivity contribution in [3.05, 3.63) is 59.7 Å². The number of carbonyl (C=O) groups is 1. The number of hydrogen-bond donors (Lipinski definition) is 2. The molecular weight excluding hydrogens is 340 g/mol. The molecule has 2 N–H and O–H groups in total. The van der Waals surface area contributed by atoms with E-state index in [9.17, 15) is 13.2 Å². The minimum absolute atomic E-state index is 0.0569. The van der Waals surface area contributed by atoms with Gasteiger partial charge in [0.05, 0.1) is 10.5 Å². The maximum Gasteiger partial charge on any atom is 0.335 e. The number of fused-ring (bicyclic) bond motifs is 1. The summed E-state index contributed by atoms with van der Waals surface area (Å²) in [7, 11) is -3.66. The van der Waals surface area contributed by atoms with Crippen molar-refractivity contribution in [3.8, 4) is 0 Å². The molecule has 0 radical (unpaired) electrons. The van der Waals surface area contributed by atoms with Crippen LogP contribution in [0.4, 0.5) is 5.69 Å². The molecular formula is C18H20N2O4S. The van der Waals surface area contributed by atoms with E-state index in [1.807, 2.05) is 12.1 Å². The van der Waals surface area contributed by atoms with Gasteiger partial charge in [0.25, 0.3) is 0 Å². The first-order valence-corrected chi connectivity index (χ1v) is 9.54. The van der Waals surface area contributed by atoms with Crippen LogP contribution in [0.25, 0.3) is 0 Å². The molecule has 0 aromatic heterocycles. The van der Waals surface area contributed by atoms with Crippen molar-refractivity contribution in [2.45, 2.75) is 24.3 Å². The Morgan fingerprint density at radius 2 is 1.88 bits per heavy atom. The number of carboxylic acids is 1. The monoisotopic (exact) mass is 360 g/mol. The number of nitrogens with one attached hydrogen (secondary N) is 1. The van der Waals surface area contributed by atoms with E-state index in [-0.39, 0.29) is 17.0 Å². The number of sulfonamides is 1. The van der Waals surface area contributed by atoms with Gasteiger partial charge in [-0.1, -0.05) is 18.2 Å². The van der Waals surface area contributed by atoms with E-state index in [1.54, 1.807) is 0 Å². The SMILES string of the molecule is CC1Cc2ccccc2N1CCNS(=O)(=O)c1ccc(C(=O)O)cc1. The van der Waals surface area contributed by atoms with Crippen LogP contribution in [-0.2, 0) is 16.4 Å². The van der Waals surface area contributed by atoms with Gasteiger partial charge in [-0.25, -0.2) is 17.9 Å². The predicted molar refractivity (Wildman–Crippen MR) is 95.5 cm³/mol. The number of hydrogen-bond acceptors (Lipinski definition) is 4. The molecule has 2 aromatic carbocycles. The summed E-state index contributed by atoms with van der Waals surface area (Å²) in [6.45, 7) is 2.98. The molecule has 0 amide bonds. The molecule has 25 heavy (non-hydrogen) atoms. The van der Waals surface area contributed by atoms with Gasteiger partial charge >= 0.3 is 5.97 Å². The van der Waals surface area contributed by atoms with Gasteiger partial charge in [-0.05, 0) is 49.2 Å². The fourth-order valence-corrected chi connectivity index (χ4v) is 4.15. The second-order valence-electron chi connectivity index (χ2n) is 6.10. The fourth-order valence-electron chi connectivity index (χ4n) is 3.13. The van der Waals surface area contributed by atoms with Crippen molar-refractivity contribution in [2.24, 2.45) is 0 Å². The molecule has 1 heterocycles. The number of carboxylic acid groups (broad SMARTS) is 1. The quantitative estimate of drug-likeness (QED) is 0.824. The zero-order valence-electron chi connectivity index (χ0n) is 13.8. The van der Waals surface area contributed by atoms with Gasteiger partial charge in [-0.2, -0.15) is 0 Å². The Hall–Kier alpha value is -2.38. The summed E-state index contributed by atoms with van der Waals surface area (Å²) in [4.78, 5) is 13.1. The van der Waals surface area contributed by atoms with Crippen LogP contribution >= 0.6 is 0 Å². The second kappa shape index (κ2) is 6.85. The van der Waals surface area contributed by atoms with E-state index >= 15 is 0 Å². The van der Waals surface area contributed by atoms with E-state index < -0.39 is 16.0 Å². The Balaban J connectivity index is 1.64. The lowest BCUT2D eigenvalue weighted by Gasteiger charge is -2.25. The Kier molecular flexibility index (Phi) is 4.78. The average molecular weight is 360 g/mol. The van der Waals surface area contributed by atoms with Gasteiger partial charge < -0.3 is 10.0 Å². The highest BCUT2D eigenvalue weighted by molar-refractivity contribution is 7.89. The van der Waals surface area contributed by atoms with Crippen LogP contribution in [0.15, 0.2) is 53.4 Å². The van der Waals surface area contributed by atoms with Gasteiger partial charge in [0, 0.05) is 24.8 Å². The van der Waals surface area contributed by atoms with Crippen molar-refractivity contribution in [2.75, 3.05) is 18.0 Å². The van der Waals surface area contributed by atoms with Crippen molar-refractivity contribution in [3.63, 3.8) is 0 Å². The first-order valence-electron chi connectivity index (χ1n) is 8.06. The molecule has 7 heteroatoms. The molecule has 1 aliphatic rings. The molecule has 0 fully saturated rings. The molecule has 1 unspecified atom stereocenters. The summed E-state index contributed by atoms with van der Waals surface area (Å²) in [6.07, 6.45) is 0.958. The fraction of sp³-hybridized carbons (Fsp3) is 0.278. The Bertz CT molecular complexity index is 878. The van der Waals surface area contributed by atoms with Crippen LogP contribution in [-0.4, -0.2) is 38.6 Å². The van der Waals surface area contributed by atoms with E-state index in [4.69, 9.17) is 5.11 Å². The number of anilines is 1. The van der Waals surface area contributed by atoms with Gasteiger partial charge in [0.2, 0.25) is 10.0 Å². The number of rotatable bonds is 6. The van der Waals surface area contributed by atoms with E-state index in [0.29, 0.717) is 12.6 Å². The van der Waals surface area contributed by atoms with Crippen LogP contribution in [0.3, 0.4) is 0 Å². The van der Waals surface area contributed by atoms with Crippen LogP contribution in [0.2, 0.25) is 0 Å². The lowest BCUT2D eigenvalue weighted by atomic mass is 10.1.